The largest absolute Gasteiger partial charge is 0.370 e. The Bertz CT molecular complexity index is 672. The third kappa shape index (κ3) is 2.43. The molecular weight excluding hydrogens is 246 g/mol. The van der Waals surface area contributed by atoms with Crippen molar-refractivity contribution in [3.05, 3.63) is 66.7 Å². The van der Waals surface area contributed by atoms with Crippen LogP contribution in [-0.2, 0) is 0 Å². The molecule has 2 aromatic carbocycles. The summed E-state index contributed by atoms with van der Waals surface area (Å²) in [6.07, 6.45) is 0. The van der Waals surface area contributed by atoms with Crippen LogP contribution in [0, 0.1) is 0 Å². The summed E-state index contributed by atoms with van der Waals surface area (Å²) in [5.41, 5.74) is 3.16. The van der Waals surface area contributed by atoms with Gasteiger partial charge in [-0.15, -0.1) is 0 Å². The molecule has 0 saturated carbocycles. The fourth-order valence-corrected chi connectivity index (χ4v) is 2.20. The van der Waals surface area contributed by atoms with Crippen LogP contribution < -0.4 is 5.32 Å². The zero-order chi connectivity index (χ0) is 13.8. The summed E-state index contributed by atoms with van der Waals surface area (Å²) in [6.45, 7) is 2.96. The minimum atomic E-state index is 0.868. The van der Waals surface area contributed by atoms with Crippen LogP contribution in [0.3, 0.4) is 0 Å². The standard InChI is InChI=1S/C17H17N3/c1-2-18-17-13-16(14-9-5-3-6-10-14)19-20(17)15-11-7-4-8-12-15/h3-13,18H,2H2,1H3. The van der Waals surface area contributed by atoms with Gasteiger partial charge in [0, 0.05) is 18.2 Å². The summed E-state index contributed by atoms with van der Waals surface area (Å²) in [6, 6.07) is 22.5. The van der Waals surface area contributed by atoms with Gasteiger partial charge in [0.2, 0.25) is 0 Å². The van der Waals surface area contributed by atoms with Crippen molar-refractivity contribution >= 4 is 5.82 Å². The Balaban J connectivity index is 2.08. The van der Waals surface area contributed by atoms with E-state index >= 15 is 0 Å². The van der Waals surface area contributed by atoms with E-state index in [4.69, 9.17) is 5.10 Å². The molecule has 0 bridgehead atoms. The molecule has 0 unspecified atom stereocenters. The van der Waals surface area contributed by atoms with Crippen molar-refractivity contribution in [2.24, 2.45) is 0 Å². The normalized spacial score (nSPS) is 10.4. The number of nitrogens with zero attached hydrogens (tertiary/aromatic N) is 2. The second-order valence-corrected chi connectivity index (χ2v) is 4.56. The molecule has 100 valence electrons. The van der Waals surface area contributed by atoms with Crippen LogP contribution in [0.4, 0.5) is 5.82 Å². The van der Waals surface area contributed by atoms with E-state index in [2.05, 4.69) is 42.6 Å². The lowest BCUT2D eigenvalue weighted by Gasteiger charge is -2.07. The van der Waals surface area contributed by atoms with Gasteiger partial charge in [0.1, 0.15) is 5.82 Å². The van der Waals surface area contributed by atoms with E-state index in [1.807, 2.05) is 41.1 Å². The minimum absolute atomic E-state index is 0.868. The van der Waals surface area contributed by atoms with Gasteiger partial charge in [0.15, 0.2) is 0 Å². The minimum Gasteiger partial charge on any atom is -0.370 e. The molecule has 1 aromatic heterocycles. The van der Waals surface area contributed by atoms with Crippen molar-refractivity contribution in [3.63, 3.8) is 0 Å². The highest BCUT2D eigenvalue weighted by atomic mass is 15.3. The molecule has 3 nitrogen and oxygen atoms in total. The Morgan fingerprint density at radius 1 is 0.950 bits per heavy atom. The first-order chi connectivity index (χ1) is 9.88. The molecule has 3 aromatic rings. The van der Waals surface area contributed by atoms with Crippen molar-refractivity contribution in [1.29, 1.82) is 0 Å². The van der Waals surface area contributed by atoms with Gasteiger partial charge in [-0.3, -0.25) is 0 Å². The van der Waals surface area contributed by atoms with Gasteiger partial charge in [0.05, 0.1) is 11.4 Å². The molecule has 20 heavy (non-hydrogen) atoms. The summed E-state index contributed by atoms with van der Waals surface area (Å²) in [5.74, 6) is 1.01. The number of nitrogens with one attached hydrogen (secondary N) is 1. The lowest BCUT2D eigenvalue weighted by molar-refractivity contribution is 0.882. The van der Waals surface area contributed by atoms with E-state index in [-0.39, 0.29) is 0 Å². The third-order valence-electron chi connectivity index (χ3n) is 3.14. The van der Waals surface area contributed by atoms with Gasteiger partial charge in [-0.2, -0.15) is 5.10 Å². The van der Waals surface area contributed by atoms with E-state index in [9.17, 15) is 0 Å². The van der Waals surface area contributed by atoms with Crippen LogP contribution in [0.2, 0.25) is 0 Å². The van der Waals surface area contributed by atoms with E-state index in [0.717, 1.165) is 29.3 Å². The molecule has 0 aliphatic heterocycles. The Morgan fingerprint density at radius 3 is 2.25 bits per heavy atom. The number of para-hydroxylation sites is 1. The Kier molecular flexibility index (Phi) is 3.50. The van der Waals surface area contributed by atoms with E-state index < -0.39 is 0 Å². The molecule has 0 saturated heterocycles. The van der Waals surface area contributed by atoms with E-state index in [1.165, 1.54) is 0 Å². The zero-order valence-electron chi connectivity index (χ0n) is 11.5. The monoisotopic (exact) mass is 263 g/mol. The molecule has 3 heteroatoms. The van der Waals surface area contributed by atoms with E-state index in [0.29, 0.717) is 0 Å². The van der Waals surface area contributed by atoms with Gasteiger partial charge in [-0.1, -0.05) is 48.5 Å². The fraction of sp³-hybridized carbons (Fsp3) is 0.118. The fourth-order valence-electron chi connectivity index (χ4n) is 2.20. The molecule has 1 N–H and O–H groups in total. The van der Waals surface area contributed by atoms with Gasteiger partial charge in [0.25, 0.3) is 0 Å². The topological polar surface area (TPSA) is 29.9 Å². The number of benzene rings is 2. The average Bonchev–Trinajstić information content (AvgIpc) is 2.94. The number of aromatic nitrogens is 2. The van der Waals surface area contributed by atoms with Gasteiger partial charge in [-0.05, 0) is 19.1 Å². The van der Waals surface area contributed by atoms with Crippen molar-refractivity contribution < 1.29 is 0 Å². The first-order valence-corrected chi connectivity index (χ1v) is 6.83. The predicted molar refractivity (Wildman–Crippen MR) is 83.2 cm³/mol. The van der Waals surface area contributed by atoms with Crippen LogP contribution in [0.5, 0.6) is 0 Å². The van der Waals surface area contributed by atoms with Crippen LogP contribution in [0.1, 0.15) is 6.92 Å². The first kappa shape index (κ1) is 12.5. The zero-order valence-corrected chi connectivity index (χ0v) is 11.5. The highest BCUT2D eigenvalue weighted by molar-refractivity contribution is 5.64. The van der Waals surface area contributed by atoms with E-state index in [1.54, 1.807) is 0 Å². The molecule has 0 aliphatic rings. The number of anilines is 1. The Morgan fingerprint density at radius 2 is 1.60 bits per heavy atom. The second kappa shape index (κ2) is 5.61. The molecular formula is C17H17N3. The summed E-state index contributed by atoms with van der Waals surface area (Å²) in [5, 5.41) is 8.09. The van der Waals surface area contributed by atoms with Crippen LogP contribution >= 0.6 is 0 Å². The molecule has 0 aliphatic carbocycles. The molecule has 0 spiro atoms. The molecule has 3 rings (SSSR count). The molecule has 0 atom stereocenters. The molecule has 0 amide bonds. The summed E-state index contributed by atoms with van der Waals surface area (Å²) < 4.78 is 1.95. The number of hydrogen-bond acceptors (Lipinski definition) is 2. The van der Waals surface area contributed by atoms with Gasteiger partial charge < -0.3 is 5.32 Å². The maximum Gasteiger partial charge on any atom is 0.130 e. The quantitative estimate of drug-likeness (QED) is 0.772. The number of rotatable bonds is 4. The van der Waals surface area contributed by atoms with Crippen molar-refractivity contribution in [2.45, 2.75) is 6.92 Å². The average molecular weight is 263 g/mol. The summed E-state index contributed by atoms with van der Waals surface area (Å²) in [7, 11) is 0. The predicted octanol–water partition coefficient (Wildman–Crippen LogP) is 3.97. The Hall–Kier alpha value is -2.55. The maximum atomic E-state index is 4.72. The molecule has 0 fully saturated rings. The summed E-state index contributed by atoms with van der Waals surface area (Å²) in [4.78, 5) is 0. The van der Waals surface area contributed by atoms with Gasteiger partial charge in [-0.25, -0.2) is 4.68 Å². The highest BCUT2D eigenvalue weighted by Crippen LogP contribution is 2.24. The third-order valence-corrected chi connectivity index (χ3v) is 3.14. The SMILES string of the molecule is CCNc1cc(-c2ccccc2)nn1-c1ccccc1. The van der Waals surface area contributed by atoms with Crippen LogP contribution in [-0.4, -0.2) is 16.3 Å². The molecule has 0 radical (unpaired) electrons. The van der Waals surface area contributed by atoms with Crippen LogP contribution in [0.15, 0.2) is 66.7 Å². The number of hydrogen-bond donors (Lipinski definition) is 1. The van der Waals surface area contributed by atoms with Crippen molar-refractivity contribution in [2.75, 3.05) is 11.9 Å². The second-order valence-electron chi connectivity index (χ2n) is 4.56. The van der Waals surface area contributed by atoms with Crippen molar-refractivity contribution in [3.8, 4) is 16.9 Å². The highest BCUT2D eigenvalue weighted by Gasteiger charge is 2.09. The molecule has 1 heterocycles. The summed E-state index contributed by atoms with van der Waals surface area (Å²) >= 11 is 0. The van der Waals surface area contributed by atoms with Crippen molar-refractivity contribution in [1.82, 2.24) is 9.78 Å². The van der Waals surface area contributed by atoms with Crippen LogP contribution in [0.25, 0.3) is 16.9 Å². The maximum absolute atomic E-state index is 4.72. The first-order valence-electron chi connectivity index (χ1n) is 6.83. The smallest absolute Gasteiger partial charge is 0.130 e. The lowest BCUT2D eigenvalue weighted by atomic mass is 10.2. The van der Waals surface area contributed by atoms with Gasteiger partial charge >= 0.3 is 0 Å². The Labute approximate surface area is 118 Å². The lowest BCUT2D eigenvalue weighted by Crippen LogP contribution is -2.05.